The van der Waals surface area contributed by atoms with Crippen LogP contribution in [-0.4, -0.2) is 5.54 Å². The molecule has 2 heteroatoms. The smallest absolute Gasteiger partial charge is 0.0646 e. The highest BCUT2D eigenvalue weighted by Gasteiger charge is 2.44. The van der Waals surface area contributed by atoms with Crippen molar-refractivity contribution in [2.24, 2.45) is 0 Å². The van der Waals surface area contributed by atoms with Crippen LogP contribution in [0.2, 0.25) is 0 Å². The van der Waals surface area contributed by atoms with Gasteiger partial charge in [-0.25, -0.2) is 0 Å². The summed E-state index contributed by atoms with van der Waals surface area (Å²) in [5.41, 5.74) is 12.5. The summed E-state index contributed by atoms with van der Waals surface area (Å²) in [5, 5.41) is 7.76. The lowest BCUT2D eigenvalue weighted by molar-refractivity contribution is 0.551. The number of fused-ring (bicyclic) bond motifs is 9. The third-order valence-corrected chi connectivity index (χ3v) is 13.8. The van der Waals surface area contributed by atoms with Crippen LogP contribution in [0.1, 0.15) is 38.3 Å². The molecular weight excluding hydrogens is 695 g/mol. The normalized spacial score (nSPS) is 17.2. The molecule has 2 aliphatic carbocycles. The highest BCUT2D eigenvalue weighted by atomic mass is 32.1. The van der Waals surface area contributed by atoms with Gasteiger partial charge in [0.15, 0.2) is 0 Å². The van der Waals surface area contributed by atoms with Crippen molar-refractivity contribution in [1.29, 1.82) is 0 Å². The molecule has 0 spiro atoms. The number of anilines is 2. The summed E-state index contributed by atoms with van der Waals surface area (Å²) in [6, 6.07) is 63.1. The Bertz CT molecular complexity index is 3110. The Labute approximate surface area is 332 Å². The molecule has 1 atom stereocenters. The predicted molar refractivity (Wildman–Crippen MR) is 242 cm³/mol. The molecule has 56 heavy (non-hydrogen) atoms. The van der Waals surface area contributed by atoms with E-state index >= 15 is 0 Å². The van der Waals surface area contributed by atoms with Gasteiger partial charge in [-0.2, -0.15) is 0 Å². The van der Waals surface area contributed by atoms with Crippen LogP contribution >= 0.6 is 11.3 Å². The fourth-order valence-corrected chi connectivity index (χ4v) is 11.1. The van der Waals surface area contributed by atoms with E-state index in [1.54, 1.807) is 0 Å². The standard InChI is InChI=1S/C54H41NS/c1-53(2)48-25-12-9-21-42(48)43-30-31-54(3,34-49(43)53)55(50-26-13-10-20-39(50)35-16-5-4-6-17-35)37-32-36-18-7-8-19-38(36)47(33-37)40-23-15-24-45-41(40)28-29-46-44-22-11-14-27-51(44)56-52(45)46/h4-30,32-34H,31H2,1-3H3. The minimum atomic E-state index is -0.370. The molecule has 1 unspecified atom stereocenters. The molecule has 1 nitrogen and oxygen atoms in total. The topological polar surface area (TPSA) is 3.24 Å². The molecule has 0 fully saturated rings. The third-order valence-electron chi connectivity index (χ3n) is 12.6. The van der Waals surface area contributed by atoms with E-state index in [-0.39, 0.29) is 11.0 Å². The molecule has 1 heterocycles. The molecule has 8 aromatic carbocycles. The first kappa shape index (κ1) is 33.1. The van der Waals surface area contributed by atoms with Gasteiger partial charge in [-0.05, 0) is 92.7 Å². The zero-order valence-corrected chi connectivity index (χ0v) is 32.7. The van der Waals surface area contributed by atoms with Gasteiger partial charge in [-0.1, -0.05) is 172 Å². The fraction of sp³-hybridized carbons (Fsp3) is 0.111. The van der Waals surface area contributed by atoms with E-state index in [0.29, 0.717) is 0 Å². The van der Waals surface area contributed by atoms with Crippen molar-refractivity contribution in [3.8, 4) is 22.3 Å². The van der Waals surface area contributed by atoms with Crippen molar-refractivity contribution >= 4 is 70.0 Å². The van der Waals surface area contributed by atoms with Crippen LogP contribution in [0.3, 0.4) is 0 Å². The second kappa shape index (κ2) is 12.4. The summed E-state index contributed by atoms with van der Waals surface area (Å²) in [5.74, 6) is 0. The van der Waals surface area contributed by atoms with Crippen LogP contribution in [0.4, 0.5) is 11.4 Å². The van der Waals surface area contributed by atoms with Gasteiger partial charge in [0, 0.05) is 47.9 Å². The Hall–Kier alpha value is -6.22. The summed E-state index contributed by atoms with van der Waals surface area (Å²) < 4.78 is 2.69. The maximum absolute atomic E-state index is 2.65. The highest BCUT2D eigenvalue weighted by Crippen LogP contribution is 2.55. The summed E-state index contributed by atoms with van der Waals surface area (Å²) in [6.07, 6.45) is 6.00. The third kappa shape index (κ3) is 4.92. The van der Waals surface area contributed by atoms with E-state index in [1.807, 2.05) is 11.3 Å². The fourth-order valence-electron chi connectivity index (χ4n) is 9.86. The Morgan fingerprint density at radius 3 is 2.05 bits per heavy atom. The number of benzene rings is 8. The van der Waals surface area contributed by atoms with Crippen LogP contribution in [0, 0.1) is 0 Å². The number of allylic oxidation sites excluding steroid dienone is 2. The van der Waals surface area contributed by atoms with Crippen LogP contribution in [0.15, 0.2) is 188 Å². The maximum atomic E-state index is 2.65. The molecule has 268 valence electrons. The number of hydrogen-bond acceptors (Lipinski definition) is 2. The van der Waals surface area contributed by atoms with Crippen LogP contribution < -0.4 is 4.90 Å². The molecule has 0 amide bonds. The number of rotatable bonds is 5. The average Bonchev–Trinajstić information content (AvgIpc) is 3.73. The molecule has 11 rings (SSSR count). The van der Waals surface area contributed by atoms with E-state index < -0.39 is 0 Å². The quantitative estimate of drug-likeness (QED) is 0.170. The van der Waals surface area contributed by atoms with E-state index in [4.69, 9.17) is 0 Å². The van der Waals surface area contributed by atoms with E-state index in [0.717, 1.165) is 6.42 Å². The molecule has 0 radical (unpaired) electrons. The van der Waals surface area contributed by atoms with Crippen molar-refractivity contribution in [3.05, 3.63) is 199 Å². The zero-order chi connectivity index (χ0) is 37.6. The van der Waals surface area contributed by atoms with E-state index in [9.17, 15) is 0 Å². The van der Waals surface area contributed by atoms with Gasteiger partial charge in [0.1, 0.15) is 0 Å². The number of nitrogens with zero attached hydrogens (tertiary/aromatic N) is 1. The lowest BCUT2D eigenvalue weighted by Crippen LogP contribution is -2.44. The number of thiophene rings is 1. The summed E-state index contributed by atoms with van der Waals surface area (Å²) in [7, 11) is 0. The lowest BCUT2D eigenvalue weighted by Gasteiger charge is -2.45. The molecule has 0 saturated heterocycles. The van der Waals surface area contributed by atoms with Crippen molar-refractivity contribution in [2.75, 3.05) is 4.90 Å². The molecule has 0 N–H and O–H groups in total. The molecule has 1 aromatic heterocycles. The van der Waals surface area contributed by atoms with Crippen LogP contribution in [-0.2, 0) is 5.41 Å². The van der Waals surface area contributed by atoms with Crippen molar-refractivity contribution in [3.63, 3.8) is 0 Å². The second-order valence-electron chi connectivity index (χ2n) is 16.3. The van der Waals surface area contributed by atoms with Gasteiger partial charge in [-0.3, -0.25) is 0 Å². The van der Waals surface area contributed by atoms with Crippen molar-refractivity contribution in [1.82, 2.24) is 0 Å². The Morgan fingerprint density at radius 2 is 1.18 bits per heavy atom. The van der Waals surface area contributed by atoms with Crippen LogP contribution in [0.5, 0.6) is 0 Å². The van der Waals surface area contributed by atoms with Gasteiger partial charge < -0.3 is 4.90 Å². The molecule has 2 aliphatic rings. The van der Waals surface area contributed by atoms with Gasteiger partial charge >= 0.3 is 0 Å². The molecular formula is C54H41NS. The van der Waals surface area contributed by atoms with Gasteiger partial charge in [-0.15, -0.1) is 11.3 Å². The minimum Gasteiger partial charge on any atom is -0.331 e. The minimum absolute atomic E-state index is 0.107. The molecule has 0 saturated carbocycles. The maximum Gasteiger partial charge on any atom is 0.0646 e. The Kier molecular flexibility index (Phi) is 7.34. The first-order chi connectivity index (χ1) is 27.4. The number of para-hydroxylation sites is 1. The van der Waals surface area contributed by atoms with Crippen molar-refractivity contribution < 1.29 is 0 Å². The highest BCUT2D eigenvalue weighted by molar-refractivity contribution is 7.26. The predicted octanol–water partition coefficient (Wildman–Crippen LogP) is 15.3. The van der Waals surface area contributed by atoms with Gasteiger partial charge in [0.2, 0.25) is 0 Å². The second-order valence-corrected chi connectivity index (χ2v) is 17.3. The first-order valence-electron chi connectivity index (χ1n) is 19.7. The monoisotopic (exact) mass is 735 g/mol. The Balaban J connectivity index is 1.18. The van der Waals surface area contributed by atoms with Gasteiger partial charge in [0.25, 0.3) is 0 Å². The summed E-state index contributed by atoms with van der Waals surface area (Å²) >= 11 is 1.90. The average molecular weight is 736 g/mol. The Morgan fingerprint density at radius 1 is 0.518 bits per heavy atom. The largest absolute Gasteiger partial charge is 0.331 e. The summed E-state index contributed by atoms with van der Waals surface area (Å²) in [4.78, 5) is 2.65. The van der Waals surface area contributed by atoms with Gasteiger partial charge in [0.05, 0.1) is 5.54 Å². The van der Waals surface area contributed by atoms with E-state index in [2.05, 4.69) is 208 Å². The number of hydrogen-bond donors (Lipinski definition) is 0. The zero-order valence-electron chi connectivity index (χ0n) is 31.9. The SMILES string of the molecule is CC1(C)C2=CC(C)(N(c3cc(-c4cccc5c4ccc4c6ccccc6sc54)c4ccccc4c3)c3ccccc3-c3ccccc3)CC=C2c2ccccc21. The summed E-state index contributed by atoms with van der Waals surface area (Å²) in [6.45, 7) is 7.24. The molecule has 0 aliphatic heterocycles. The molecule has 9 aromatic rings. The first-order valence-corrected chi connectivity index (χ1v) is 20.6. The van der Waals surface area contributed by atoms with Crippen molar-refractivity contribution in [2.45, 2.75) is 38.1 Å². The van der Waals surface area contributed by atoms with Crippen LogP contribution in [0.25, 0.3) is 69.5 Å². The van der Waals surface area contributed by atoms with E-state index in [1.165, 1.54) is 97.6 Å². The lowest BCUT2D eigenvalue weighted by atomic mass is 9.75. The molecule has 0 bridgehead atoms.